The molecule has 0 saturated carbocycles. The largest absolute Gasteiger partial charge is 0.228 e. The average molecular weight is 765 g/mol. The molecule has 0 amide bonds. The van der Waals surface area contributed by atoms with Crippen molar-refractivity contribution in [2.75, 3.05) is 0 Å². The normalized spacial score (nSPS) is 11.0. The summed E-state index contributed by atoms with van der Waals surface area (Å²) < 4.78 is 0. The number of rotatable bonds is 9. The summed E-state index contributed by atoms with van der Waals surface area (Å²) in [7, 11) is 0. The van der Waals surface area contributed by atoms with Crippen molar-refractivity contribution in [1.82, 2.24) is 9.97 Å². The lowest BCUT2D eigenvalue weighted by Gasteiger charge is -2.18. The van der Waals surface area contributed by atoms with Crippen LogP contribution in [0.25, 0.3) is 101 Å². The Labute approximate surface area is 351 Å². The Bertz CT molecular complexity index is 2830. The van der Waals surface area contributed by atoms with Gasteiger partial charge in [0.15, 0.2) is 5.82 Å². The topological polar surface area (TPSA) is 25.8 Å². The Hall–Kier alpha value is -7.94. The van der Waals surface area contributed by atoms with Crippen LogP contribution >= 0.6 is 0 Å². The van der Waals surface area contributed by atoms with Gasteiger partial charge in [0, 0.05) is 16.7 Å². The molecule has 0 radical (unpaired) electrons. The molecule has 1 aromatic heterocycles. The van der Waals surface area contributed by atoms with E-state index in [9.17, 15) is 0 Å². The second-order valence-electron chi connectivity index (χ2n) is 15.0. The van der Waals surface area contributed by atoms with Crippen molar-refractivity contribution < 1.29 is 0 Å². The van der Waals surface area contributed by atoms with Crippen LogP contribution in [0.2, 0.25) is 0 Å². The third-order valence-corrected chi connectivity index (χ3v) is 11.1. The predicted molar refractivity (Wildman–Crippen MR) is 251 cm³/mol. The van der Waals surface area contributed by atoms with Crippen LogP contribution in [0.15, 0.2) is 243 Å². The third-order valence-electron chi connectivity index (χ3n) is 11.1. The molecule has 60 heavy (non-hydrogen) atoms. The van der Waals surface area contributed by atoms with Crippen molar-refractivity contribution in [3.05, 3.63) is 243 Å². The minimum atomic E-state index is 0.688. The van der Waals surface area contributed by atoms with E-state index in [4.69, 9.17) is 9.97 Å². The molecule has 0 fully saturated rings. The number of hydrogen-bond acceptors (Lipinski definition) is 2. The minimum Gasteiger partial charge on any atom is -0.228 e. The summed E-state index contributed by atoms with van der Waals surface area (Å²) in [5.41, 5.74) is 18.6. The molecule has 10 aromatic rings. The Kier molecular flexibility index (Phi) is 10.0. The van der Waals surface area contributed by atoms with E-state index >= 15 is 0 Å². The van der Waals surface area contributed by atoms with Gasteiger partial charge >= 0.3 is 0 Å². The van der Waals surface area contributed by atoms with Crippen LogP contribution in [0.4, 0.5) is 0 Å². The highest BCUT2D eigenvalue weighted by Gasteiger charge is 2.18. The van der Waals surface area contributed by atoms with Gasteiger partial charge in [0.05, 0.1) is 11.4 Å². The van der Waals surface area contributed by atoms with Gasteiger partial charge in [0.1, 0.15) is 0 Å². The molecule has 2 heteroatoms. The molecule has 0 aliphatic heterocycles. The molecule has 9 aromatic carbocycles. The number of nitrogens with zero attached hydrogens (tertiary/aromatic N) is 2. The molecule has 1 heterocycles. The molecule has 0 bridgehead atoms. The van der Waals surface area contributed by atoms with Crippen molar-refractivity contribution in [2.24, 2.45) is 0 Å². The van der Waals surface area contributed by atoms with Crippen LogP contribution in [0.5, 0.6) is 0 Å². The molecule has 0 atom stereocenters. The zero-order valence-corrected chi connectivity index (χ0v) is 33.0. The summed E-state index contributed by atoms with van der Waals surface area (Å²) in [5, 5.41) is 0. The highest BCUT2D eigenvalue weighted by Crippen LogP contribution is 2.43. The first-order valence-corrected chi connectivity index (χ1v) is 20.4. The molecule has 0 aliphatic rings. The molecular formula is C58H40N2. The van der Waals surface area contributed by atoms with Crippen LogP contribution in [-0.2, 0) is 0 Å². The summed E-state index contributed by atoms with van der Waals surface area (Å²) in [5.74, 6) is 0.688. The van der Waals surface area contributed by atoms with E-state index in [2.05, 4.69) is 218 Å². The van der Waals surface area contributed by atoms with Gasteiger partial charge in [-0.3, -0.25) is 0 Å². The summed E-state index contributed by atoms with van der Waals surface area (Å²) in [6.45, 7) is 0. The number of benzene rings is 9. The van der Waals surface area contributed by atoms with Crippen LogP contribution in [0.3, 0.4) is 0 Å². The van der Waals surface area contributed by atoms with E-state index < -0.39 is 0 Å². The molecule has 10 rings (SSSR count). The van der Waals surface area contributed by atoms with Gasteiger partial charge in [-0.2, -0.15) is 0 Å². The highest BCUT2D eigenvalue weighted by molar-refractivity contribution is 5.94. The lowest BCUT2D eigenvalue weighted by atomic mass is 9.86. The van der Waals surface area contributed by atoms with Crippen molar-refractivity contribution in [3.8, 4) is 101 Å². The summed E-state index contributed by atoms with van der Waals surface area (Å²) in [6, 6.07) is 86.2. The zero-order valence-electron chi connectivity index (χ0n) is 33.0. The highest BCUT2D eigenvalue weighted by atomic mass is 14.9. The minimum absolute atomic E-state index is 0.688. The SMILES string of the molecule is c1ccc(-c2ccc(-c3cc(-c4cc(-c5ccccc5)nc(-c5ccccc5)n4)cc(-c4ccc(-c5ccccc5)cc4-c4ccccc4)c3)c(-c3ccccc3)c2)cc1. The number of aromatic nitrogens is 2. The molecule has 0 aliphatic carbocycles. The Morgan fingerprint density at radius 2 is 0.517 bits per heavy atom. The van der Waals surface area contributed by atoms with Crippen molar-refractivity contribution in [3.63, 3.8) is 0 Å². The lowest BCUT2D eigenvalue weighted by Crippen LogP contribution is -1.97. The molecule has 0 saturated heterocycles. The first kappa shape index (κ1) is 36.4. The summed E-state index contributed by atoms with van der Waals surface area (Å²) >= 11 is 0. The van der Waals surface area contributed by atoms with Crippen molar-refractivity contribution in [1.29, 1.82) is 0 Å². The van der Waals surface area contributed by atoms with E-state index in [0.717, 1.165) is 61.5 Å². The van der Waals surface area contributed by atoms with Crippen LogP contribution < -0.4 is 0 Å². The van der Waals surface area contributed by atoms with Crippen LogP contribution in [0.1, 0.15) is 0 Å². The second kappa shape index (κ2) is 16.5. The maximum absolute atomic E-state index is 5.33. The van der Waals surface area contributed by atoms with Gasteiger partial charge in [-0.1, -0.05) is 206 Å². The smallest absolute Gasteiger partial charge is 0.160 e. The van der Waals surface area contributed by atoms with E-state index in [1.54, 1.807) is 0 Å². The standard InChI is InChI=1S/C58H40N2/c1-7-19-41(20-8-1)47-31-33-52(54(38-47)43-23-11-3-12-24-43)49-35-50(53-34-32-48(42-21-9-2-10-22-42)39-55(53)44-25-13-4-14-26-44)37-51(36-49)57-40-56(45-27-15-5-16-28-45)59-58(60-57)46-29-17-6-18-30-46/h1-40H. The molecule has 2 nitrogen and oxygen atoms in total. The average Bonchev–Trinajstić information content (AvgIpc) is 3.35. The first-order valence-electron chi connectivity index (χ1n) is 20.4. The van der Waals surface area contributed by atoms with E-state index in [0.29, 0.717) is 5.82 Å². The van der Waals surface area contributed by atoms with E-state index in [1.165, 1.54) is 33.4 Å². The van der Waals surface area contributed by atoms with Gasteiger partial charge in [0.2, 0.25) is 0 Å². The lowest BCUT2D eigenvalue weighted by molar-refractivity contribution is 1.18. The molecule has 282 valence electrons. The van der Waals surface area contributed by atoms with Gasteiger partial charge in [-0.25, -0.2) is 9.97 Å². The summed E-state index contributed by atoms with van der Waals surface area (Å²) in [6.07, 6.45) is 0. The zero-order chi connectivity index (χ0) is 40.1. The molecular weight excluding hydrogens is 725 g/mol. The van der Waals surface area contributed by atoms with Gasteiger partial charge in [-0.15, -0.1) is 0 Å². The molecule has 0 unspecified atom stereocenters. The van der Waals surface area contributed by atoms with Crippen LogP contribution in [-0.4, -0.2) is 9.97 Å². The fourth-order valence-corrected chi connectivity index (χ4v) is 8.08. The van der Waals surface area contributed by atoms with Gasteiger partial charge in [0.25, 0.3) is 0 Å². The quantitative estimate of drug-likeness (QED) is 0.146. The first-order chi connectivity index (χ1) is 29.7. The maximum atomic E-state index is 5.33. The summed E-state index contributed by atoms with van der Waals surface area (Å²) in [4.78, 5) is 10.5. The van der Waals surface area contributed by atoms with E-state index in [-0.39, 0.29) is 0 Å². The fraction of sp³-hybridized carbons (Fsp3) is 0. The van der Waals surface area contributed by atoms with Crippen LogP contribution in [0, 0.1) is 0 Å². The molecule has 0 N–H and O–H groups in total. The molecule has 0 spiro atoms. The predicted octanol–water partition coefficient (Wildman–Crippen LogP) is 15.5. The monoisotopic (exact) mass is 764 g/mol. The van der Waals surface area contributed by atoms with Crippen molar-refractivity contribution >= 4 is 0 Å². The van der Waals surface area contributed by atoms with E-state index in [1.807, 2.05) is 24.3 Å². The second-order valence-corrected chi connectivity index (χ2v) is 15.0. The number of hydrogen-bond donors (Lipinski definition) is 0. The third kappa shape index (κ3) is 7.58. The van der Waals surface area contributed by atoms with Crippen molar-refractivity contribution in [2.45, 2.75) is 0 Å². The maximum Gasteiger partial charge on any atom is 0.160 e. The fourth-order valence-electron chi connectivity index (χ4n) is 8.08. The van der Waals surface area contributed by atoms with Gasteiger partial charge < -0.3 is 0 Å². The Morgan fingerprint density at radius 3 is 0.933 bits per heavy atom. The Morgan fingerprint density at radius 1 is 0.183 bits per heavy atom. The Balaban J connectivity index is 1.24. The van der Waals surface area contributed by atoms with Gasteiger partial charge in [-0.05, 0) is 103 Å².